The van der Waals surface area contributed by atoms with E-state index in [0.717, 1.165) is 22.9 Å². The molecule has 2 amide bonds. The average Bonchev–Trinajstić information content (AvgIpc) is 2.42. The first-order valence-corrected chi connectivity index (χ1v) is 7.35. The van der Waals surface area contributed by atoms with Crippen molar-refractivity contribution in [3.63, 3.8) is 0 Å². The first-order chi connectivity index (χ1) is 9.49. The molecule has 0 bridgehead atoms. The fourth-order valence-electron chi connectivity index (χ4n) is 2.35. The van der Waals surface area contributed by atoms with E-state index in [2.05, 4.69) is 21.2 Å². The smallest absolute Gasteiger partial charge is 0.326 e. The average molecular weight is 341 g/mol. The topological polar surface area (TPSA) is 69.6 Å². The van der Waals surface area contributed by atoms with Crippen molar-refractivity contribution >= 4 is 33.6 Å². The highest BCUT2D eigenvalue weighted by Gasteiger charge is 2.32. The van der Waals surface area contributed by atoms with E-state index in [1.807, 2.05) is 25.1 Å². The van der Waals surface area contributed by atoms with Gasteiger partial charge < -0.3 is 15.3 Å². The van der Waals surface area contributed by atoms with Gasteiger partial charge in [-0.15, -0.1) is 0 Å². The summed E-state index contributed by atoms with van der Waals surface area (Å²) >= 11 is 3.38. The number of likely N-dealkylation sites (tertiary alicyclic amines) is 1. The summed E-state index contributed by atoms with van der Waals surface area (Å²) in [5.41, 5.74) is 1.68. The molecule has 6 heteroatoms. The van der Waals surface area contributed by atoms with Gasteiger partial charge in [0.2, 0.25) is 0 Å². The van der Waals surface area contributed by atoms with Crippen LogP contribution in [0.15, 0.2) is 22.7 Å². The molecule has 1 saturated heterocycles. The molecular weight excluding hydrogens is 324 g/mol. The maximum atomic E-state index is 12.3. The summed E-state index contributed by atoms with van der Waals surface area (Å²) < 4.78 is 0.778. The van der Waals surface area contributed by atoms with E-state index in [0.29, 0.717) is 18.7 Å². The number of carbonyl (C=O) groups is 2. The molecule has 1 aliphatic rings. The number of piperidine rings is 1. The van der Waals surface area contributed by atoms with Crippen LogP contribution in [0.25, 0.3) is 0 Å². The maximum Gasteiger partial charge on any atom is 0.326 e. The monoisotopic (exact) mass is 340 g/mol. The Hall–Kier alpha value is -1.56. The molecule has 2 rings (SSSR count). The van der Waals surface area contributed by atoms with Crippen molar-refractivity contribution in [2.45, 2.75) is 32.2 Å². The first-order valence-electron chi connectivity index (χ1n) is 6.55. The van der Waals surface area contributed by atoms with Gasteiger partial charge in [0, 0.05) is 11.0 Å². The Kier molecular flexibility index (Phi) is 4.65. The zero-order chi connectivity index (χ0) is 14.7. The Morgan fingerprint density at radius 2 is 2.15 bits per heavy atom. The predicted octanol–water partition coefficient (Wildman–Crippen LogP) is 3.23. The number of anilines is 1. The zero-order valence-electron chi connectivity index (χ0n) is 11.2. The predicted molar refractivity (Wildman–Crippen MR) is 79.9 cm³/mol. The van der Waals surface area contributed by atoms with Crippen molar-refractivity contribution in [2.75, 3.05) is 11.9 Å². The molecule has 108 valence electrons. The van der Waals surface area contributed by atoms with Gasteiger partial charge in [0.1, 0.15) is 6.04 Å². The SMILES string of the molecule is Cc1ccc(Br)c(NC(=O)N2CCCCC2C(=O)O)c1. The number of rotatable bonds is 2. The van der Waals surface area contributed by atoms with Crippen molar-refractivity contribution in [3.05, 3.63) is 28.2 Å². The Labute approximate surface area is 126 Å². The van der Waals surface area contributed by atoms with Crippen LogP contribution in [0.5, 0.6) is 0 Å². The van der Waals surface area contributed by atoms with Gasteiger partial charge in [-0.05, 0) is 59.8 Å². The van der Waals surface area contributed by atoms with Gasteiger partial charge >= 0.3 is 12.0 Å². The second-order valence-electron chi connectivity index (χ2n) is 4.96. The molecule has 1 atom stereocenters. The first kappa shape index (κ1) is 14.8. The van der Waals surface area contributed by atoms with E-state index in [9.17, 15) is 14.7 Å². The summed E-state index contributed by atoms with van der Waals surface area (Å²) in [6.07, 6.45) is 2.19. The minimum absolute atomic E-state index is 0.358. The molecule has 0 saturated carbocycles. The number of carboxylic acids is 1. The summed E-state index contributed by atoms with van der Waals surface area (Å²) in [6, 6.07) is 4.55. The lowest BCUT2D eigenvalue weighted by molar-refractivity contribution is -0.143. The highest BCUT2D eigenvalue weighted by Crippen LogP contribution is 2.25. The van der Waals surface area contributed by atoms with Gasteiger partial charge in [-0.25, -0.2) is 9.59 Å². The van der Waals surface area contributed by atoms with E-state index in [1.54, 1.807) is 0 Å². The van der Waals surface area contributed by atoms with E-state index in [-0.39, 0.29) is 6.03 Å². The molecule has 1 aromatic rings. The van der Waals surface area contributed by atoms with Crippen LogP contribution < -0.4 is 5.32 Å². The molecular formula is C14H17BrN2O3. The molecule has 5 nitrogen and oxygen atoms in total. The second kappa shape index (κ2) is 6.26. The molecule has 1 aliphatic heterocycles. The van der Waals surface area contributed by atoms with Crippen molar-refractivity contribution in [1.82, 2.24) is 4.90 Å². The van der Waals surface area contributed by atoms with Crippen LogP contribution in [0, 0.1) is 6.92 Å². The summed E-state index contributed by atoms with van der Waals surface area (Å²) in [7, 11) is 0. The van der Waals surface area contributed by atoms with Gasteiger partial charge in [-0.3, -0.25) is 0 Å². The highest BCUT2D eigenvalue weighted by atomic mass is 79.9. The van der Waals surface area contributed by atoms with Gasteiger partial charge in [0.05, 0.1) is 5.69 Å². The van der Waals surface area contributed by atoms with Gasteiger partial charge in [0.25, 0.3) is 0 Å². The summed E-state index contributed by atoms with van der Waals surface area (Å²) in [5.74, 6) is -0.942. The summed E-state index contributed by atoms with van der Waals surface area (Å²) in [6.45, 7) is 2.41. The molecule has 1 fully saturated rings. The number of nitrogens with one attached hydrogen (secondary N) is 1. The third kappa shape index (κ3) is 3.30. The van der Waals surface area contributed by atoms with Crippen LogP contribution in [-0.2, 0) is 4.79 Å². The summed E-state index contributed by atoms with van der Waals surface area (Å²) in [5, 5.41) is 12.0. The lowest BCUT2D eigenvalue weighted by Gasteiger charge is -2.33. The van der Waals surface area contributed by atoms with Crippen LogP contribution in [0.3, 0.4) is 0 Å². The van der Waals surface area contributed by atoms with Crippen molar-refractivity contribution in [1.29, 1.82) is 0 Å². The van der Waals surface area contributed by atoms with Gasteiger partial charge in [-0.1, -0.05) is 6.07 Å². The molecule has 1 heterocycles. The highest BCUT2D eigenvalue weighted by molar-refractivity contribution is 9.10. The van der Waals surface area contributed by atoms with Gasteiger partial charge in [0.15, 0.2) is 0 Å². The Morgan fingerprint density at radius 1 is 1.40 bits per heavy atom. The lowest BCUT2D eigenvalue weighted by atomic mass is 10.0. The molecule has 2 N–H and O–H groups in total. The van der Waals surface area contributed by atoms with Crippen molar-refractivity contribution < 1.29 is 14.7 Å². The number of aliphatic carboxylic acids is 1. The van der Waals surface area contributed by atoms with Crippen LogP contribution >= 0.6 is 15.9 Å². The molecule has 0 radical (unpaired) electrons. The zero-order valence-corrected chi connectivity index (χ0v) is 12.8. The number of carboxylic acid groups (broad SMARTS) is 1. The minimum Gasteiger partial charge on any atom is -0.480 e. The Balaban J connectivity index is 2.14. The number of urea groups is 1. The third-order valence-electron chi connectivity index (χ3n) is 3.41. The van der Waals surface area contributed by atoms with E-state index >= 15 is 0 Å². The number of hydrogen-bond donors (Lipinski definition) is 2. The van der Waals surface area contributed by atoms with Crippen molar-refractivity contribution in [2.24, 2.45) is 0 Å². The maximum absolute atomic E-state index is 12.3. The standard InChI is InChI=1S/C14H17BrN2O3/c1-9-5-6-10(15)11(8-9)16-14(20)17-7-3-2-4-12(17)13(18)19/h5-6,8,12H,2-4,7H2,1H3,(H,16,20)(H,18,19). The fourth-order valence-corrected chi connectivity index (χ4v) is 2.70. The minimum atomic E-state index is -0.942. The molecule has 0 aromatic heterocycles. The normalized spacial score (nSPS) is 18.7. The third-order valence-corrected chi connectivity index (χ3v) is 4.10. The Bertz CT molecular complexity index is 533. The van der Waals surface area contributed by atoms with Crippen LogP contribution in [-0.4, -0.2) is 34.6 Å². The number of benzene rings is 1. The van der Waals surface area contributed by atoms with E-state index in [1.165, 1.54) is 4.90 Å². The largest absolute Gasteiger partial charge is 0.480 e. The van der Waals surface area contributed by atoms with Crippen LogP contribution in [0.4, 0.5) is 10.5 Å². The fraction of sp³-hybridized carbons (Fsp3) is 0.429. The molecule has 0 aliphatic carbocycles. The van der Waals surface area contributed by atoms with Crippen LogP contribution in [0.2, 0.25) is 0 Å². The number of nitrogens with zero attached hydrogens (tertiary/aromatic N) is 1. The number of aryl methyl sites for hydroxylation is 1. The Morgan fingerprint density at radius 3 is 2.85 bits per heavy atom. The van der Waals surface area contributed by atoms with Gasteiger partial charge in [-0.2, -0.15) is 0 Å². The van der Waals surface area contributed by atoms with E-state index < -0.39 is 12.0 Å². The molecule has 1 aromatic carbocycles. The number of hydrogen-bond acceptors (Lipinski definition) is 2. The van der Waals surface area contributed by atoms with Crippen molar-refractivity contribution in [3.8, 4) is 0 Å². The molecule has 0 spiro atoms. The number of carbonyl (C=O) groups excluding carboxylic acids is 1. The quantitative estimate of drug-likeness (QED) is 0.868. The van der Waals surface area contributed by atoms with E-state index in [4.69, 9.17) is 0 Å². The number of amides is 2. The second-order valence-corrected chi connectivity index (χ2v) is 5.81. The molecule has 20 heavy (non-hydrogen) atoms. The molecule has 1 unspecified atom stereocenters. The van der Waals surface area contributed by atoms with Crippen LogP contribution in [0.1, 0.15) is 24.8 Å². The lowest BCUT2D eigenvalue weighted by Crippen LogP contribution is -2.49. The summed E-state index contributed by atoms with van der Waals surface area (Å²) in [4.78, 5) is 24.9. The number of halogens is 1.